The Kier molecular flexibility index (Phi) is 7.41. The van der Waals surface area contributed by atoms with E-state index in [1.807, 2.05) is 13.8 Å². The van der Waals surface area contributed by atoms with Gasteiger partial charge in [-0.05, 0) is 62.7 Å². The first kappa shape index (κ1) is 24.3. The second-order valence-corrected chi connectivity index (χ2v) is 8.19. The van der Waals surface area contributed by atoms with E-state index in [1.54, 1.807) is 59.6 Å². The Balaban J connectivity index is 1.54. The number of halogens is 1. The van der Waals surface area contributed by atoms with E-state index < -0.39 is 11.9 Å². The summed E-state index contributed by atoms with van der Waals surface area (Å²) in [6.07, 6.45) is 2.01. The van der Waals surface area contributed by atoms with Gasteiger partial charge in [0.2, 0.25) is 5.88 Å². The van der Waals surface area contributed by atoms with Gasteiger partial charge in [0.05, 0.1) is 24.2 Å². The number of aliphatic carboxylic acids is 1. The van der Waals surface area contributed by atoms with Gasteiger partial charge in [-0.25, -0.2) is 4.98 Å². The molecule has 1 atom stereocenters. The Hall–Kier alpha value is -3.78. The molecule has 0 fully saturated rings. The Bertz CT molecular complexity index is 1230. The molecule has 0 bridgehead atoms. The molecular weight excluding hydrogens is 472 g/mol. The summed E-state index contributed by atoms with van der Waals surface area (Å²) < 4.78 is 17.1. The minimum absolute atomic E-state index is 0.201. The largest absolute Gasteiger partial charge is 0.493 e. The molecule has 0 saturated heterocycles. The van der Waals surface area contributed by atoms with Gasteiger partial charge in [0.1, 0.15) is 22.9 Å². The minimum atomic E-state index is -0.916. The van der Waals surface area contributed by atoms with Crippen molar-refractivity contribution >= 4 is 29.2 Å². The Morgan fingerprint density at radius 2 is 1.97 bits per heavy atom. The van der Waals surface area contributed by atoms with E-state index in [1.165, 1.54) is 0 Å². The predicted octanol–water partition coefficient (Wildman–Crippen LogP) is 5.54. The summed E-state index contributed by atoms with van der Waals surface area (Å²) in [6, 6.07) is 13.4. The summed E-state index contributed by atoms with van der Waals surface area (Å²) in [5.41, 5.74) is 1.60. The van der Waals surface area contributed by atoms with Crippen LogP contribution in [0, 0.1) is 0 Å². The summed E-state index contributed by atoms with van der Waals surface area (Å²) in [7, 11) is 0. The third kappa shape index (κ3) is 5.17. The van der Waals surface area contributed by atoms with Crippen molar-refractivity contribution in [2.24, 2.45) is 0 Å². The molecular formula is C26H25ClN2O6. The second kappa shape index (κ2) is 10.7. The third-order valence-corrected chi connectivity index (χ3v) is 5.91. The number of carbonyl (C=O) groups is 2. The van der Waals surface area contributed by atoms with Crippen LogP contribution in [0.1, 0.15) is 42.1 Å². The van der Waals surface area contributed by atoms with E-state index >= 15 is 0 Å². The first-order valence-electron chi connectivity index (χ1n) is 11.3. The van der Waals surface area contributed by atoms with Crippen LogP contribution in [0.5, 0.6) is 23.1 Å². The summed E-state index contributed by atoms with van der Waals surface area (Å²) in [6.45, 7) is 4.92. The van der Waals surface area contributed by atoms with Gasteiger partial charge in [-0.15, -0.1) is 0 Å². The maximum Gasteiger partial charge on any atom is 0.311 e. The molecule has 0 saturated carbocycles. The quantitative estimate of drug-likeness (QED) is 0.437. The Morgan fingerprint density at radius 1 is 1.20 bits per heavy atom. The Morgan fingerprint density at radius 3 is 2.66 bits per heavy atom. The molecule has 1 unspecified atom stereocenters. The van der Waals surface area contributed by atoms with Crippen LogP contribution in [0.25, 0.3) is 0 Å². The number of carboxylic acid groups (broad SMARTS) is 1. The average Bonchev–Trinajstić information content (AvgIpc) is 2.86. The fourth-order valence-corrected chi connectivity index (χ4v) is 4.14. The molecule has 2 aromatic carbocycles. The fourth-order valence-electron chi connectivity index (χ4n) is 3.93. The highest BCUT2D eigenvalue weighted by Gasteiger charge is 2.29. The summed E-state index contributed by atoms with van der Waals surface area (Å²) in [5.74, 6) is -0.140. The molecule has 0 spiro atoms. The van der Waals surface area contributed by atoms with Crippen molar-refractivity contribution in [3.63, 3.8) is 0 Å². The normalized spacial score (nSPS) is 14.4. The van der Waals surface area contributed by atoms with Crippen LogP contribution in [0.3, 0.4) is 0 Å². The maximum absolute atomic E-state index is 13.2. The van der Waals surface area contributed by atoms with E-state index in [0.29, 0.717) is 66.1 Å². The lowest BCUT2D eigenvalue weighted by Crippen LogP contribution is -2.31. The molecule has 4 rings (SSSR count). The van der Waals surface area contributed by atoms with Crippen molar-refractivity contribution in [3.05, 3.63) is 70.9 Å². The molecule has 2 heterocycles. The number of ether oxygens (including phenoxy) is 3. The van der Waals surface area contributed by atoms with Crippen LogP contribution < -0.4 is 19.1 Å². The van der Waals surface area contributed by atoms with E-state index in [2.05, 4.69) is 4.98 Å². The number of aromatic nitrogens is 1. The molecule has 1 amide bonds. The van der Waals surface area contributed by atoms with Crippen LogP contribution in [0.2, 0.25) is 5.02 Å². The fraction of sp³-hybridized carbons (Fsp3) is 0.269. The van der Waals surface area contributed by atoms with Gasteiger partial charge in [-0.2, -0.15) is 0 Å². The zero-order chi connectivity index (χ0) is 24.9. The van der Waals surface area contributed by atoms with E-state index in [9.17, 15) is 14.7 Å². The number of carbonyl (C=O) groups excluding carboxylic acids is 1. The summed E-state index contributed by atoms with van der Waals surface area (Å²) in [5, 5.41) is 9.73. The number of rotatable bonds is 8. The van der Waals surface area contributed by atoms with Crippen molar-refractivity contribution in [2.45, 2.75) is 26.2 Å². The number of amides is 1. The zero-order valence-electron chi connectivity index (χ0n) is 19.4. The number of nitrogens with zero attached hydrogens (tertiary/aromatic N) is 2. The van der Waals surface area contributed by atoms with Crippen LogP contribution in [-0.4, -0.2) is 41.7 Å². The molecule has 0 radical (unpaired) electrons. The molecule has 1 aliphatic rings. The van der Waals surface area contributed by atoms with Crippen molar-refractivity contribution in [3.8, 4) is 23.1 Å². The summed E-state index contributed by atoms with van der Waals surface area (Å²) >= 11 is 6.38. The molecule has 0 aliphatic carbocycles. The van der Waals surface area contributed by atoms with E-state index in [4.69, 9.17) is 25.8 Å². The Labute approximate surface area is 208 Å². The molecule has 1 N–H and O–H groups in total. The van der Waals surface area contributed by atoms with Gasteiger partial charge >= 0.3 is 5.97 Å². The lowest BCUT2D eigenvalue weighted by atomic mass is 9.93. The van der Waals surface area contributed by atoms with Crippen molar-refractivity contribution in [2.75, 3.05) is 24.7 Å². The maximum atomic E-state index is 13.2. The highest BCUT2D eigenvalue weighted by Crippen LogP contribution is 2.42. The highest BCUT2D eigenvalue weighted by atomic mass is 35.5. The van der Waals surface area contributed by atoms with Crippen LogP contribution >= 0.6 is 11.6 Å². The number of pyridine rings is 1. The molecule has 1 aromatic heterocycles. The topological polar surface area (TPSA) is 98.2 Å². The molecule has 8 nitrogen and oxygen atoms in total. The summed E-state index contributed by atoms with van der Waals surface area (Å²) in [4.78, 5) is 30.6. The first-order valence-corrected chi connectivity index (χ1v) is 11.7. The third-order valence-electron chi connectivity index (χ3n) is 5.62. The van der Waals surface area contributed by atoms with Crippen LogP contribution in [0.15, 0.2) is 54.7 Å². The molecule has 35 heavy (non-hydrogen) atoms. The SMILES string of the molecule is CCOc1ncccc1N(CC)C(=O)c1ccc(Oc2cc3c(cc2Cl)C(C(=O)O)CCO3)cc1. The number of carboxylic acids is 1. The van der Waals surface area contributed by atoms with Gasteiger partial charge in [-0.3, -0.25) is 9.59 Å². The van der Waals surface area contributed by atoms with Crippen molar-refractivity contribution in [1.29, 1.82) is 0 Å². The average molecular weight is 497 g/mol. The second-order valence-electron chi connectivity index (χ2n) is 7.78. The van der Waals surface area contributed by atoms with Crippen LogP contribution in [0.4, 0.5) is 5.69 Å². The molecule has 3 aromatic rings. The first-order chi connectivity index (χ1) is 16.9. The number of anilines is 1. The lowest BCUT2D eigenvalue weighted by molar-refractivity contribution is -0.139. The van der Waals surface area contributed by atoms with Crippen molar-refractivity contribution in [1.82, 2.24) is 4.98 Å². The number of benzene rings is 2. The monoisotopic (exact) mass is 496 g/mol. The zero-order valence-corrected chi connectivity index (χ0v) is 20.1. The van der Waals surface area contributed by atoms with Gasteiger partial charge in [0.15, 0.2) is 0 Å². The van der Waals surface area contributed by atoms with Gasteiger partial charge < -0.3 is 24.2 Å². The van der Waals surface area contributed by atoms with Gasteiger partial charge in [0.25, 0.3) is 5.91 Å². The molecule has 9 heteroatoms. The van der Waals surface area contributed by atoms with E-state index in [-0.39, 0.29) is 10.9 Å². The van der Waals surface area contributed by atoms with Gasteiger partial charge in [0, 0.05) is 29.9 Å². The molecule has 182 valence electrons. The smallest absolute Gasteiger partial charge is 0.311 e. The lowest BCUT2D eigenvalue weighted by Gasteiger charge is -2.24. The molecule has 1 aliphatic heterocycles. The van der Waals surface area contributed by atoms with Crippen molar-refractivity contribution < 1.29 is 28.9 Å². The number of hydrogen-bond donors (Lipinski definition) is 1. The number of hydrogen-bond acceptors (Lipinski definition) is 6. The number of fused-ring (bicyclic) bond motifs is 1. The van der Waals surface area contributed by atoms with Gasteiger partial charge in [-0.1, -0.05) is 11.6 Å². The predicted molar refractivity (Wildman–Crippen MR) is 131 cm³/mol. The minimum Gasteiger partial charge on any atom is -0.493 e. The highest BCUT2D eigenvalue weighted by molar-refractivity contribution is 6.32. The van der Waals surface area contributed by atoms with Crippen LogP contribution in [-0.2, 0) is 4.79 Å². The standard InChI is InChI=1S/C26H25ClN2O6/c1-3-29(21-6-5-12-28-24(21)33-4-2)25(30)16-7-9-17(10-8-16)35-23-15-22-19(14-20(23)27)18(26(31)32)11-13-34-22/h5-10,12,14-15,18H,3-4,11,13H2,1-2H3,(H,31,32). The van der Waals surface area contributed by atoms with E-state index in [0.717, 1.165) is 0 Å².